The molecule has 0 aliphatic heterocycles. The van der Waals surface area contributed by atoms with Crippen LogP contribution in [0.1, 0.15) is 16.2 Å². The van der Waals surface area contributed by atoms with Crippen molar-refractivity contribution in [2.24, 2.45) is 0 Å². The molecule has 7 heteroatoms. The monoisotopic (exact) mass is 296 g/mol. The molecule has 0 fully saturated rings. The molecule has 0 saturated heterocycles. The number of phenolic OH excluding ortho intramolecular Hbond substituents is 1. The van der Waals surface area contributed by atoms with Crippen LogP contribution in [0, 0.1) is 6.92 Å². The summed E-state index contributed by atoms with van der Waals surface area (Å²) in [7, 11) is 0. The Bertz CT molecular complexity index is 567. The third kappa shape index (κ3) is 2.62. The zero-order valence-electron chi connectivity index (χ0n) is 8.86. The normalized spacial score (nSPS) is 10.2. The molecule has 0 radical (unpaired) electrons. The topological polar surface area (TPSA) is 90.9 Å². The Morgan fingerprint density at radius 2 is 2.29 bits per heavy atom. The molecule has 0 atom stereocenters. The number of carbonyl (C=O) groups is 1. The molecule has 2 aromatic rings. The predicted molar refractivity (Wildman–Crippen MR) is 64.9 cm³/mol. The number of H-pyrrole nitrogens is 1. The van der Waals surface area contributed by atoms with Crippen LogP contribution in [0.15, 0.2) is 22.7 Å². The first-order valence-electron chi connectivity index (χ1n) is 4.75. The number of carbonyl (C=O) groups excluding carboxylic acids is 1. The molecule has 1 heterocycles. The van der Waals surface area contributed by atoms with Crippen LogP contribution in [0.25, 0.3) is 0 Å². The van der Waals surface area contributed by atoms with E-state index in [1.54, 1.807) is 13.0 Å². The van der Waals surface area contributed by atoms with Gasteiger partial charge in [0.2, 0.25) is 5.95 Å². The summed E-state index contributed by atoms with van der Waals surface area (Å²) in [5, 5.41) is 18.5. The van der Waals surface area contributed by atoms with E-state index in [9.17, 15) is 9.90 Å². The van der Waals surface area contributed by atoms with Gasteiger partial charge in [-0.1, -0.05) is 15.9 Å². The van der Waals surface area contributed by atoms with Crippen molar-refractivity contribution in [1.82, 2.24) is 15.2 Å². The van der Waals surface area contributed by atoms with Crippen molar-refractivity contribution in [2.75, 3.05) is 5.32 Å². The summed E-state index contributed by atoms with van der Waals surface area (Å²) in [6.45, 7) is 1.72. The quantitative estimate of drug-likeness (QED) is 0.788. The van der Waals surface area contributed by atoms with E-state index >= 15 is 0 Å². The Labute approximate surface area is 105 Å². The van der Waals surface area contributed by atoms with Gasteiger partial charge in [0, 0.05) is 4.47 Å². The Morgan fingerprint density at radius 1 is 1.53 bits per heavy atom. The number of aromatic nitrogens is 3. The number of aromatic amines is 1. The van der Waals surface area contributed by atoms with Crippen molar-refractivity contribution in [1.29, 1.82) is 0 Å². The van der Waals surface area contributed by atoms with Crippen molar-refractivity contribution < 1.29 is 9.90 Å². The van der Waals surface area contributed by atoms with Gasteiger partial charge < -0.3 is 5.11 Å². The molecular formula is C10H9BrN4O2. The van der Waals surface area contributed by atoms with Gasteiger partial charge >= 0.3 is 0 Å². The number of phenols is 1. The van der Waals surface area contributed by atoms with E-state index in [-0.39, 0.29) is 17.3 Å². The number of rotatable bonds is 2. The van der Waals surface area contributed by atoms with Gasteiger partial charge in [-0.15, -0.1) is 5.10 Å². The second-order valence-corrected chi connectivity index (χ2v) is 4.28. The van der Waals surface area contributed by atoms with E-state index in [1.165, 1.54) is 12.1 Å². The highest BCUT2D eigenvalue weighted by Gasteiger charge is 2.13. The number of anilines is 1. The molecule has 17 heavy (non-hydrogen) atoms. The standard InChI is InChI=1S/C10H9BrN4O2/c1-5-12-10(15-14-5)13-9(17)7-3-2-6(11)4-8(7)16/h2-4,16H,1H3,(H2,12,13,14,15,17). The van der Waals surface area contributed by atoms with Crippen molar-refractivity contribution in [3.05, 3.63) is 34.1 Å². The number of aromatic hydroxyl groups is 1. The van der Waals surface area contributed by atoms with E-state index in [4.69, 9.17) is 0 Å². The Hall–Kier alpha value is -1.89. The molecule has 2 rings (SSSR count). The van der Waals surface area contributed by atoms with Gasteiger partial charge in [-0.05, 0) is 25.1 Å². The second kappa shape index (κ2) is 4.54. The van der Waals surface area contributed by atoms with Crippen molar-refractivity contribution in [2.45, 2.75) is 6.92 Å². The first-order valence-corrected chi connectivity index (χ1v) is 5.54. The summed E-state index contributed by atoms with van der Waals surface area (Å²) in [6, 6.07) is 4.62. The van der Waals surface area contributed by atoms with Gasteiger partial charge in [-0.3, -0.25) is 15.2 Å². The smallest absolute Gasteiger partial charge is 0.261 e. The van der Waals surface area contributed by atoms with Gasteiger partial charge in [-0.25, -0.2) is 0 Å². The number of amides is 1. The first kappa shape index (κ1) is 11.6. The zero-order chi connectivity index (χ0) is 12.4. The van der Waals surface area contributed by atoms with Crippen LogP contribution in [-0.2, 0) is 0 Å². The molecule has 0 saturated carbocycles. The third-order valence-electron chi connectivity index (χ3n) is 2.03. The minimum Gasteiger partial charge on any atom is -0.507 e. The van der Waals surface area contributed by atoms with Gasteiger partial charge in [0.05, 0.1) is 5.56 Å². The summed E-state index contributed by atoms with van der Waals surface area (Å²) in [5.74, 6) is 0.202. The minimum absolute atomic E-state index is 0.107. The van der Waals surface area contributed by atoms with Crippen molar-refractivity contribution in [3.63, 3.8) is 0 Å². The average molecular weight is 297 g/mol. The summed E-state index contributed by atoms with van der Waals surface area (Å²) >= 11 is 3.19. The maximum Gasteiger partial charge on any atom is 0.261 e. The third-order valence-corrected chi connectivity index (χ3v) is 2.52. The predicted octanol–water partition coefficient (Wildman–Crippen LogP) is 1.83. The molecule has 88 valence electrons. The number of nitrogens with zero attached hydrogens (tertiary/aromatic N) is 2. The molecule has 1 aromatic heterocycles. The van der Waals surface area contributed by atoms with Crippen LogP contribution < -0.4 is 5.32 Å². The molecule has 0 bridgehead atoms. The van der Waals surface area contributed by atoms with Crippen LogP contribution >= 0.6 is 15.9 Å². The maximum atomic E-state index is 11.8. The largest absolute Gasteiger partial charge is 0.507 e. The summed E-state index contributed by atoms with van der Waals surface area (Å²) in [4.78, 5) is 15.7. The zero-order valence-corrected chi connectivity index (χ0v) is 10.4. The molecule has 0 aliphatic rings. The van der Waals surface area contributed by atoms with E-state index in [2.05, 4.69) is 36.4 Å². The van der Waals surface area contributed by atoms with Crippen LogP contribution in [0.5, 0.6) is 5.75 Å². The molecule has 3 N–H and O–H groups in total. The van der Waals surface area contributed by atoms with Crippen molar-refractivity contribution in [3.8, 4) is 5.75 Å². The molecular weight excluding hydrogens is 288 g/mol. The molecule has 0 aliphatic carbocycles. The van der Waals surface area contributed by atoms with E-state index in [0.29, 0.717) is 10.3 Å². The van der Waals surface area contributed by atoms with Crippen molar-refractivity contribution >= 4 is 27.8 Å². The Morgan fingerprint density at radius 3 is 2.88 bits per heavy atom. The van der Waals surface area contributed by atoms with Crippen LogP contribution in [0.2, 0.25) is 0 Å². The van der Waals surface area contributed by atoms with Gasteiger partial charge in [-0.2, -0.15) is 4.98 Å². The molecule has 0 unspecified atom stereocenters. The van der Waals surface area contributed by atoms with E-state index in [0.717, 1.165) is 0 Å². The van der Waals surface area contributed by atoms with Crippen LogP contribution in [-0.4, -0.2) is 26.2 Å². The summed E-state index contributed by atoms with van der Waals surface area (Å²) < 4.78 is 0.695. The lowest BCUT2D eigenvalue weighted by Gasteiger charge is -2.03. The molecule has 1 aromatic carbocycles. The maximum absolute atomic E-state index is 11.8. The highest BCUT2D eigenvalue weighted by atomic mass is 79.9. The number of benzene rings is 1. The second-order valence-electron chi connectivity index (χ2n) is 3.36. The summed E-state index contributed by atoms with van der Waals surface area (Å²) in [5.41, 5.74) is 0.163. The lowest BCUT2D eigenvalue weighted by atomic mass is 10.2. The summed E-state index contributed by atoms with van der Waals surface area (Å²) in [6.07, 6.45) is 0. The van der Waals surface area contributed by atoms with Crippen LogP contribution in [0.4, 0.5) is 5.95 Å². The first-order chi connectivity index (χ1) is 8.06. The fraction of sp³-hybridized carbons (Fsp3) is 0.100. The lowest BCUT2D eigenvalue weighted by Crippen LogP contribution is -2.13. The Balaban J connectivity index is 2.20. The molecule has 1 amide bonds. The SMILES string of the molecule is Cc1nc(NC(=O)c2ccc(Br)cc2O)n[nH]1. The number of hydrogen-bond donors (Lipinski definition) is 3. The fourth-order valence-electron chi connectivity index (χ4n) is 1.26. The van der Waals surface area contributed by atoms with E-state index in [1.807, 2.05) is 0 Å². The fourth-order valence-corrected chi connectivity index (χ4v) is 1.61. The van der Waals surface area contributed by atoms with Gasteiger partial charge in [0.25, 0.3) is 5.91 Å². The lowest BCUT2D eigenvalue weighted by molar-refractivity contribution is 0.102. The van der Waals surface area contributed by atoms with Crippen LogP contribution in [0.3, 0.4) is 0 Å². The highest BCUT2D eigenvalue weighted by Crippen LogP contribution is 2.22. The number of aryl methyl sites for hydroxylation is 1. The van der Waals surface area contributed by atoms with E-state index < -0.39 is 5.91 Å². The number of hydrogen-bond acceptors (Lipinski definition) is 4. The minimum atomic E-state index is -0.464. The van der Waals surface area contributed by atoms with Gasteiger partial charge in [0.15, 0.2) is 0 Å². The highest BCUT2D eigenvalue weighted by molar-refractivity contribution is 9.10. The molecule has 6 nitrogen and oxygen atoms in total. The molecule has 0 spiro atoms. The Kier molecular flexibility index (Phi) is 3.10. The average Bonchev–Trinajstić information content (AvgIpc) is 2.63. The number of nitrogens with one attached hydrogen (secondary N) is 2. The number of halogens is 1. The van der Waals surface area contributed by atoms with Gasteiger partial charge in [0.1, 0.15) is 11.6 Å².